The van der Waals surface area contributed by atoms with Crippen LogP contribution in [0.3, 0.4) is 0 Å². The number of hydrogen-bond acceptors (Lipinski definition) is 1. The molecule has 4 heteroatoms. The summed E-state index contributed by atoms with van der Waals surface area (Å²) < 4.78 is 3.43. The lowest BCUT2D eigenvalue weighted by atomic mass is 10.1. The van der Waals surface area contributed by atoms with E-state index in [1.54, 1.807) is 0 Å². The first kappa shape index (κ1) is 11.3. The van der Waals surface area contributed by atoms with Crippen LogP contribution in [-0.2, 0) is 0 Å². The summed E-state index contributed by atoms with van der Waals surface area (Å²) in [5.74, 6) is 0. The van der Waals surface area contributed by atoms with Crippen molar-refractivity contribution in [2.45, 2.75) is 13.8 Å². The van der Waals surface area contributed by atoms with Gasteiger partial charge in [0.15, 0.2) is 0 Å². The highest BCUT2D eigenvalue weighted by molar-refractivity contribution is 14.2. The summed E-state index contributed by atoms with van der Waals surface area (Å²) in [5.41, 5.74) is 4.03. The molecule has 0 aromatic heterocycles. The summed E-state index contributed by atoms with van der Waals surface area (Å²) >= 11 is 6.93. The van der Waals surface area contributed by atoms with Crippen LogP contribution in [0.15, 0.2) is 12.1 Å². The Balaban J connectivity index is 3.27. The quantitative estimate of drug-likeness (QED) is 0.409. The lowest BCUT2D eigenvalue weighted by Gasteiger charge is -2.13. The Hall–Kier alpha value is 1.21. The molecule has 0 N–H and O–H groups in total. The van der Waals surface area contributed by atoms with E-state index in [0.717, 1.165) is 0 Å². The fourth-order valence-electron chi connectivity index (χ4n) is 0.956. The van der Waals surface area contributed by atoms with E-state index >= 15 is 0 Å². The molecule has 1 rings (SSSR count). The zero-order valence-electron chi connectivity index (χ0n) is 6.74. The second-order valence-electron chi connectivity index (χ2n) is 2.55. The smallest absolute Gasteiger partial charge is 0.0697 e. The number of rotatable bonds is 1. The minimum Gasteiger partial charge on any atom is -0.255 e. The molecule has 66 valence electrons. The third kappa shape index (κ3) is 2.37. The molecule has 12 heavy (non-hydrogen) atoms. The van der Waals surface area contributed by atoms with Gasteiger partial charge in [-0.15, -0.1) is 0 Å². The minimum absolute atomic E-state index is 1.29. The molecule has 0 heterocycles. The van der Waals surface area contributed by atoms with Crippen molar-refractivity contribution in [2.75, 3.05) is 1.33 Å². The Bertz CT molecular complexity index is 297. The minimum atomic E-state index is 1.29. The van der Waals surface area contributed by atoms with Gasteiger partial charge in [0.1, 0.15) is 0 Å². The second-order valence-corrected chi connectivity index (χ2v) is 7.49. The molecule has 0 amide bonds. The molecule has 0 atom stereocenters. The van der Waals surface area contributed by atoms with E-state index in [1.165, 1.54) is 20.4 Å². The maximum Gasteiger partial charge on any atom is 0.0697 e. The molecule has 1 aromatic rings. The monoisotopic (exact) mass is 499 g/mol. The largest absolute Gasteiger partial charge is 0.255 e. The molecule has 0 spiro atoms. The van der Waals surface area contributed by atoms with Crippen molar-refractivity contribution in [3.8, 4) is 0 Å². The van der Waals surface area contributed by atoms with Gasteiger partial charge in [0.2, 0.25) is 0 Å². The lowest BCUT2D eigenvalue weighted by Crippen LogP contribution is -1.96. The molecular formula is C8H8I3N. The van der Waals surface area contributed by atoms with E-state index in [-0.39, 0.29) is 0 Å². The number of halogens is 3. The van der Waals surface area contributed by atoms with Gasteiger partial charge in [0.05, 0.1) is 51.4 Å². The van der Waals surface area contributed by atoms with Crippen molar-refractivity contribution < 1.29 is 0 Å². The highest BCUT2D eigenvalue weighted by Gasteiger charge is 2.06. The third-order valence-electron chi connectivity index (χ3n) is 1.87. The summed E-state index contributed by atoms with van der Waals surface area (Å²) in [4.78, 5) is 0. The summed E-state index contributed by atoms with van der Waals surface area (Å²) in [6.45, 7) is 4.33. The van der Waals surface area contributed by atoms with Gasteiger partial charge in [-0.05, 0) is 59.7 Å². The number of benzene rings is 1. The van der Waals surface area contributed by atoms with Crippen LogP contribution in [-0.4, -0.2) is 0 Å². The molecule has 0 bridgehead atoms. The molecular weight excluding hydrogens is 491 g/mol. The van der Waals surface area contributed by atoms with Gasteiger partial charge >= 0.3 is 0 Å². The molecule has 0 saturated heterocycles. The molecule has 1 aromatic carbocycles. The first-order valence-corrected chi connectivity index (χ1v) is 6.42. The number of hydrogen-bond donors (Lipinski definition) is 0. The van der Waals surface area contributed by atoms with Crippen LogP contribution in [0.4, 0.5) is 5.69 Å². The zero-order valence-corrected chi connectivity index (χ0v) is 13.2. The van der Waals surface area contributed by atoms with E-state index in [9.17, 15) is 0 Å². The van der Waals surface area contributed by atoms with Crippen LogP contribution in [0.5, 0.6) is 0 Å². The molecule has 0 radical (unpaired) electrons. The fourth-order valence-corrected chi connectivity index (χ4v) is 2.59. The predicted octanol–water partition coefficient (Wildman–Crippen LogP) is 4.41. The van der Waals surface area contributed by atoms with E-state index < -0.39 is 0 Å². The Kier molecular flexibility index (Phi) is 4.35. The van der Waals surface area contributed by atoms with E-state index in [1.807, 2.05) is 0 Å². The van der Waals surface area contributed by atoms with Gasteiger partial charge in [-0.25, -0.2) is 0 Å². The van der Waals surface area contributed by atoms with E-state index in [0.29, 0.717) is 0 Å². The lowest BCUT2D eigenvalue weighted by molar-refractivity contribution is 1.31. The highest BCUT2D eigenvalue weighted by atomic mass is 127. The molecule has 0 aliphatic heterocycles. The first-order chi connectivity index (χ1) is 5.54. The van der Waals surface area contributed by atoms with Crippen molar-refractivity contribution in [3.05, 3.63) is 26.8 Å². The Morgan fingerprint density at radius 1 is 1.08 bits per heavy atom. The van der Waals surface area contributed by atoms with Crippen LogP contribution < -0.4 is 1.33 Å². The summed E-state index contributed by atoms with van der Waals surface area (Å²) in [6.07, 6.45) is 0. The van der Waals surface area contributed by atoms with Crippen molar-refractivity contribution in [1.29, 1.82) is 0 Å². The summed E-state index contributed by atoms with van der Waals surface area (Å²) in [6, 6.07) is 4.31. The SMILES string of the molecule is Cc1c(I)ccc(N(I)I)c1C. The van der Waals surface area contributed by atoms with Gasteiger partial charge in [-0.3, -0.25) is 1.33 Å². The Labute approximate surface area is 114 Å². The van der Waals surface area contributed by atoms with Crippen LogP contribution in [0, 0.1) is 17.4 Å². The topological polar surface area (TPSA) is 3.24 Å². The summed E-state index contributed by atoms with van der Waals surface area (Å²) in [7, 11) is 0. The molecule has 0 aliphatic rings. The van der Waals surface area contributed by atoms with Crippen LogP contribution in [0.2, 0.25) is 0 Å². The molecule has 0 saturated carbocycles. The van der Waals surface area contributed by atoms with Crippen molar-refractivity contribution in [1.82, 2.24) is 0 Å². The molecule has 0 fully saturated rings. The average molecular weight is 499 g/mol. The van der Waals surface area contributed by atoms with Gasteiger partial charge < -0.3 is 0 Å². The Morgan fingerprint density at radius 2 is 1.67 bits per heavy atom. The number of anilines is 1. The van der Waals surface area contributed by atoms with E-state index in [4.69, 9.17) is 0 Å². The average Bonchev–Trinajstić information content (AvgIpc) is 2.00. The summed E-state index contributed by atoms with van der Waals surface area (Å²) in [5, 5.41) is 0. The van der Waals surface area contributed by atoms with Gasteiger partial charge in [-0.2, -0.15) is 0 Å². The molecule has 0 unspecified atom stereocenters. The van der Waals surface area contributed by atoms with Gasteiger partial charge in [0, 0.05) is 3.57 Å². The highest BCUT2D eigenvalue weighted by Crippen LogP contribution is 2.30. The maximum atomic E-state index is 2.37. The predicted molar refractivity (Wildman–Crippen MR) is 79.2 cm³/mol. The van der Waals surface area contributed by atoms with Crippen LogP contribution in [0.25, 0.3) is 0 Å². The van der Waals surface area contributed by atoms with Crippen molar-refractivity contribution in [3.63, 3.8) is 0 Å². The fraction of sp³-hybridized carbons (Fsp3) is 0.250. The van der Waals surface area contributed by atoms with Crippen molar-refractivity contribution >= 4 is 74.0 Å². The van der Waals surface area contributed by atoms with Crippen LogP contribution >= 0.6 is 68.3 Å². The van der Waals surface area contributed by atoms with Crippen molar-refractivity contribution in [2.24, 2.45) is 0 Å². The van der Waals surface area contributed by atoms with Gasteiger partial charge in [0.25, 0.3) is 0 Å². The van der Waals surface area contributed by atoms with Gasteiger partial charge in [-0.1, -0.05) is 0 Å². The number of nitrogens with zero attached hydrogens (tertiary/aromatic N) is 1. The van der Waals surface area contributed by atoms with E-state index in [2.05, 4.69) is 95.6 Å². The third-order valence-corrected chi connectivity index (χ3v) is 4.08. The molecule has 1 nitrogen and oxygen atoms in total. The molecule has 0 aliphatic carbocycles. The van der Waals surface area contributed by atoms with Crippen LogP contribution in [0.1, 0.15) is 11.1 Å². The second kappa shape index (κ2) is 4.63. The first-order valence-electron chi connectivity index (χ1n) is 3.41. The maximum absolute atomic E-state index is 2.37. The normalized spacial score (nSPS) is 10.1. The zero-order chi connectivity index (χ0) is 9.30. The standard InChI is InChI=1S/C8H8I3N/c1-5-6(2)8(12(10)11)4-3-7(5)9/h3-4H,1-2H3. The Morgan fingerprint density at radius 3 is 2.17 bits per heavy atom.